The van der Waals surface area contributed by atoms with Crippen LogP contribution >= 0.6 is 0 Å². The number of hydrogen-bond donors (Lipinski definition) is 1. The summed E-state index contributed by atoms with van der Waals surface area (Å²) < 4.78 is 0. The molecule has 1 aromatic rings. The van der Waals surface area contributed by atoms with Gasteiger partial charge in [0.15, 0.2) is 0 Å². The van der Waals surface area contributed by atoms with Crippen LogP contribution in [0.2, 0.25) is 0 Å². The lowest BCUT2D eigenvalue weighted by atomic mass is 10.0. The predicted molar refractivity (Wildman–Crippen MR) is 90.9 cm³/mol. The summed E-state index contributed by atoms with van der Waals surface area (Å²) in [5.41, 5.74) is 2.48. The Morgan fingerprint density at radius 2 is 2.09 bits per heavy atom. The molecule has 1 N–H and O–H groups in total. The molecule has 1 aliphatic heterocycles. The van der Waals surface area contributed by atoms with Crippen molar-refractivity contribution in [3.63, 3.8) is 0 Å². The number of nitrogens with one attached hydrogen (secondary N) is 1. The zero-order valence-corrected chi connectivity index (χ0v) is 13.4. The SMILES string of the molecule is Cc1cccc(NC2CCN(C(=O)C[C@H]3C=CCC3)CC2)c1. The van der Waals surface area contributed by atoms with Gasteiger partial charge in [0.2, 0.25) is 5.91 Å². The van der Waals surface area contributed by atoms with E-state index in [2.05, 4.69) is 53.6 Å². The van der Waals surface area contributed by atoms with Crippen molar-refractivity contribution < 1.29 is 4.79 Å². The Hall–Kier alpha value is -1.77. The molecule has 3 heteroatoms. The number of hydrogen-bond acceptors (Lipinski definition) is 2. The number of aryl methyl sites for hydroxylation is 1. The number of amides is 1. The molecule has 0 aromatic heterocycles. The largest absolute Gasteiger partial charge is 0.382 e. The Balaban J connectivity index is 1.45. The molecule has 0 spiro atoms. The highest BCUT2D eigenvalue weighted by Crippen LogP contribution is 2.23. The maximum absolute atomic E-state index is 12.3. The minimum atomic E-state index is 0.338. The van der Waals surface area contributed by atoms with Crippen molar-refractivity contribution in [1.29, 1.82) is 0 Å². The van der Waals surface area contributed by atoms with Crippen molar-refractivity contribution in [2.75, 3.05) is 18.4 Å². The first-order valence-corrected chi connectivity index (χ1v) is 8.48. The van der Waals surface area contributed by atoms with Crippen LogP contribution in [0.15, 0.2) is 36.4 Å². The van der Waals surface area contributed by atoms with Gasteiger partial charge in [0, 0.05) is 31.2 Å². The van der Waals surface area contributed by atoms with E-state index in [9.17, 15) is 4.79 Å². The van der Waals surface area contributed by atoms with Crippen molar-refractivity contribution in [3.8, 4) is 0 Å². The van der Waals surface area contributed by atoms with Crippen LogP contribution in [-0.2, 0) is 4.79 Å². The van der Waals surface area contributed by atoms with E-state index in [-0.39, 0.29) is 0 Å². The third-order valence-corrected chi connectivity index (χ3v) is 4.79. The number of benzene rings is 1. The molecule has 2 aliphatic rings. The summed E-state index contributed by atoms with van der Waals surface area (Å²) >= 11 is 0. The van der Waals surface area contributed by atoms with Crippen LogP contribution in [0.3, 0.4) is 0 Å². The second-order valence-corrected chi connectivity index (χ2v) is 6.64. The molecule has 0 radical (unpaired) electrons. The van der Waals surface area contributed by atoms with Gasteiger partial charge in [0.05, 0.1) is 0 Å². The van der Waals surface area contributed by atoms with Crippen LogP contribution in [0.5, 0.6) is 0 Å². The third kappa shape index (κ3) is 3.90. The summed E-state index contributed by atoms with van der Waals surface area (Å²) in [4.78, 5) is 14.4. The van der Waals surface area contributed by atoms with Gasteiger partial charge in [0.25, 0.3) is 0 Å². The van der Waals surface area contributed by atoms with E-state index in [4.69, 9.17) is 0 Å². The average Bonchev–Trinajstić information content (AvgIpc) is 3.01. The number of anilines is 1. The van der Waals surface area contributed by atoms with E-state index in [1.165, 1.54) is 11.3 Å². The van der Waals surface area contributed by atoms with E-state index in [1.807, 2.05) is 0 Å². The maximum atomic E-state index is 12.3. The quantitative estimate of drug-likeness (QED) is 0.859. The minimum absolute atomic E-state index is 0.338. The van der Waals surface area contributed by atoms with E-state index < -0.39 is 0 Å². The Morgan fingerprint density at radius 3 is 2.77 bits per heavy atom. The molecule has 1 fully saturated rings. The lowest BCUT2D eigenvalue weighted by Crippen LogP contribution is -2.42. The second kappa shape index (κ2) is 6.99. The van der Waals surface area contributed by atoms with Crippen molar-refractivity contribution in [1.82, 2.24) is 4.90 Å². The number of piperidine rings is 1. The number of allylic oxidation sites excluding steroid dienone is 2. The Bertz CT molecular complexity index is 544. The summed E-state index contributed by atoms with van der Waals surface area (Å²) in [6, 6.07) is 8.99. The van der Waals surface area contributed by atoms with Gasteiger partial charge in [-0.2, -0.15) is 0 Å². The summed E-state index contributed by atoms with van der Waals surface area (Å²) in [6.07, 6.45) is 9.49. The van der Waals surface area contributed by atoms with Gasteiger partial charge in [-0.3, -0.25) is 4.79 Å². The first kappa shape index (κ1) is 15.1. The molecule has 3 nitrogen and oxygen atoms in total. The molecule has 1 aliphatic carbocycles. The molecule has 0 bridgehead atoms. The van der Waals surface area contributed by atoms with E-state index in [1.54, 1.807) is 0 Å². The number of carbonyl (C=O) groups excluding carboxylic acids is 1. The molecule has 0 unspecified atom stereocenters. The molecule has 3 rings (SSSR count). The molecular formula is C19H26N2O. The van der Waals surface area contributed by atoms with Crippen LogP contribution in [0.25, 0.3) is 0 Å². The van der Waals surface area contributed by atoms with Gasteiger partial charge in [-0.1, -0.05) is 24.3 Å². The smallest absolute Gasteiger partial charge is 0.223 e. The maximum Gasteiger partial charge on any atom is 0.223 e. The van der Waals surface area contributed by atoms with Gasteiger partial charge in [-0.25, -0.2) is 0 Å². The van der Waals surface area contributed by atoms with Gasteiger partial charge in [-0.15, -0.1) is 0 Å². The summed E-state index contributed by atoms with van der Waals surface area (Å²) in [5.74, 6) is 0.821. The standard InChI is InChI=1S/C19H26N2O/c1-15-5-4-8-18(13-15)20-17-9-11-21(12-10-17)19(22)14-16-6-2-3-7-16/h2,4-6,8,13,16-17,20H,3,7,9-12,14H2,1H3/t16-/m0/s1. The van der Waals surface area contributed by atoms with Gasteiger partial charge in [0.1, 0.15) is 0 Å². The molecular weight excluding hydrogens is 272 g/mol. The van der Waals surface area contributed by atoms with Crippen molar-refractivity contribution in [2.45, 2.75) is 45.1 Å². The van der Waals surface area contributed by atoms with E-state index >= 15 is 0 Å². The fourth-order valence-electron chi connectivity index (χ4n) is 3.46. The highest BCUT2D eigenvalue weighted by atomic mass is 16.2. The fourth-order valence-corrected chi connectivity index (χ4v) is 3.46. The van der Waals surface area contributed by atoms with Crippen LogP contribution in [-0.4, -0.2) is 29.9 Å². The zero-order valence-electron chi connectivity index (χ0n) is 13.4. The number of nitrogens with zero attached hydrogens (tertiary/aromatic N) is 1. The van der Waals surface area contributed by atoms with E-state index in [0.717, 1.165) is 38.8 Å². The fraction of sp³-hybridized carbons (Fsp3) is 0.526. The molecule has 22 heavy (non-hydrogen) atoms. The predicted octanol–water partition coefficient (Wildman–Crippen LogP) is 3.75. The second-order valence-electron chi connectivity index (χ2n) is 6.64. The monoisotopic (exact) mass is 298 g/mol. The third-order valence-electron chi connectivity index (χ3n) is 4.79. The highest BCUT2D eigenvalue weighted by molar-refractivity contribution is 5.76. The lowest BCUT2D eigenvalue weighted by molar-refractivity contribution is -0.132. The molecule has 0 saturated carbocycles. The normalized spacial score (nSPS) is 22.0. The van der Waals surface area contributed by atoms with Crippen molar-refractivity contribution in [2.24, 2.45) is 5.92 Å². The van der Waals surface area contributed by atoms with Crippen LogP contribution in [0.4, 0.5) is 5.69 Å². The van der Waals surface area contributed by atoms with Crippen molar-refractivity contribution >= 4 is 11.6 Å². The van der Waals surface area contributed by atoms with Crippen LogP contribution in [0.1, 0.15) is 37.7 Å². The molecule has 118 valence electrons. The highest BCUT2D eigenvalue weighted by Gasteiger charge is 2.24. The van der Waals surface area contributed by atoms with Gasteiger partial charge in [-0.05, 0) is 56.2 Å². The Morgan fingerprint density at radius 1 is 1.27 bits per heavy atom. The summed E-state index contributed by atoms with van der Waals surface area (Å²) in [5, 5.41) is 3.61. The average molecular weight is 298 g/mol. The molecule has 1 atom stereocenters. The molecule has 1 aromatic carbocycles. The molecule has 1 saturated heterocycles. The minimum Gasteiger partial charge on any atom is -0.382 e. The summed E-state index contributed by atoms with van der Waals surface area (Å²) in [7, 11) is 0. The number of likely N-dealkylation sites (tertiary alicyclic amines) is 1. The first-order chi connectivity index (χ1) is 10.7. The Kier molecular flexibility index (Phi) is 4.81. The lowest BCUT2D eigenvalue weighted by Gasteiger charge is -2.33. The first-order valence-electron chi connectivity index (χ1n) is 8.48. The number of carbonyl (C=O) groups is 1. The van der Waals surface area contributed by atoms with Crippen LogP contribution < -0.4 is 5.32 Å². The van der Waals surface area contributed by atoms with Crippen molar-refractivity contribution in [3.05, 3.63) is 42.0 Å². The van der Waals surface area contributed by atoms with Gasteiger partial charge < -0.3 is 10.2 Å². The Labute approximate surface area is 133 Å². The number of rotatable bonds is 4. The van der Waals surface area contributed by atoms with E-state index in [0.29, 0.717) is 24.3 Å². The topological polar surface area (TPSA) is 32.3 Å². The van der Waals surface area contributed by atoms with Crippen LogP contribution in [0, 0.1) is 12.8 Å². The van der Waals surface area contributed by atoms with Gasteiger partial charge >= 0.3 is 0 Å². The molecule has 1 amide bonds. The summed E-state index contributed by atoms with van der Waals surface area (Å²) in [6.45, 7) is 3.89. The molecule has 1 heterocycles. The zero-order chi connectivity index (χ0) is 15.4.